The predicted molar refractivity (Wildman–Crippen MR) is 69.6 cm³/mol. The zero-order valence-electron chi connectivity index (χ0n) is 9.96. The second kappa shape index (κ2) is 5.94. The van der Waals surface area contributed by atoms with Crippen molar-refractivity contribution in [2.75, 3.05) is 11.9 Å². The van der Waals surface area contributed by atoms with Crippen LogP contribution < -0.4 is 11.1 Å². The molecule has 7 heteroatoms. The minimum absolute atomic E-state index is 0.171. The van der Waals surface area contributed by atoms with Crippen LogP contribution in [0, 0.1) is 11.6 Å². The van der Waals surface area contributed by atoms with Crippen molar-refractivity contribution in [3.8, 4) is 0 Å². The van der Waals surface area contributed by atoms with Gasteiger partial charge in [0.2, 0.25) is 0 Å². The molecule has 3 N–H and O–H groups in total. The third kappa shape index (κ3) is 3.29. The molecule has 2 atom stereocenters. The molecule has 0 aliphatic carbocycles. The SMILES string of the molecule is NCC1CCC(C(=O)Nc2c(F)cc(Br)cc2F)O1. The minimum atomic E-state index is -0.839. The van der Waals surface area contributed by atoms with Crippen LogP contribution in [0.3, 0.4) is 0 Å². The van der Waals surface area contributed by atoms with E-state index in [4.69, 9.17) is 10.5 Å². The molecular formula is C12H13BrF2N2O2. The van der Waals surface area contributed by atoms with E-state index in [0.29, 0.717) is 19.4 Å². The summed E-state index contributed by atoms with van der Waals surface area (Å²) in [5.74, 6) is -2.24. The first-order valence-electron chi connectivity index (χ1n) is 5.82. The molecule has 104 valence electrons. The van der Waals surface area contributed by atoms with Gasteiger partial charge >= 0.3 is 0 Å². The first kappa shape index (κ1) is 14.4. The maximum atomic E-state index is 13.6. The van der Waals surface area contributed by atoms with E-state index >= 15 is 0 Å². The van der Waals surface area contributed by atoms with Gasteiger partial charge in [0.15, 0.2) is 11.6 Å². The Balaban J connectivity index is 2.08. The average molecular weight is 335 g/mol. The Hall–Kier alpha value is -1.05. The molecule has 1 aromatic rings. The Morgan fingerprint density at radius 1 is 1.42 bits per heavy atom. The van der Waals surface area contributed by atoms with Crippen molar-refractivity contribution in [2.24, 2.45) is 5.73 Å². The van der Waals surface area contributed by atoms with E-state index in [1.807, 2.05) is 0 Å². The summed E-state index contributed by atoms with van der Waals surface area (Å²) in [5, 5.41) is 2.22. The summed E-state index contributed by atoms with van der Waals surface area (Å²) < 4.78 is 32.7. The Kier molecular flexibility index (Phi) is 4.49. The van der Waals surface area contributed by atoms with Gasteiger partial charge in [0.05, 0.1) is 6.10 Å². The molecule has 0 aromatic heterocycles. The normalized spacial score (nSPS) is 22.5. The number of anilines is 1. The number of rotatable bonds is 3. The van der Waals surface area contributed by atoms with Crippen LogP contribution >= 0.6 is 15.9 Å². The lowest BCUT2D eigenvalue weighted by atomic mass is 10.2. The number of amides is 1. The van der Waals surface area contributed by atoms with Crippen molar-refractivity contribution in [3.05, 3.63) is 28.2 Å². The van der Waals surface area contributed by atoms with E-state index in [1.54, 1.807) is 0 Å². The first-order chi connectivity index (χ1) is 9.01. The first-order valence-corrected chi connectivity index (χ1v) is 6.61. The highest BCUT2D eigenvalue weighted by Crippen LogP contribution is 2.25. The Labute approximate surface area is 117 Å². The summed E-state index contributed by atoms with van der Waals surface area (Å²) in [5.41, 5.74) is 4.97. The summed E-state index contributed by atoms with van der Waals surface area (Å²) in [6.07, 6.45) is 0.277. The molecule has 0 radical (unpaired) electrons. The van der Waals surface area contributed by atoms with E-state index in [1.165, 1.54) is 0 Å². The second-order valence-electron chi connectivity index (χ2n) is 4.29. The molecular weight excluding hydrogens is 322 g/mol. The van der Waals surface area contributed by atoms with Gasteiger partial charge in [0, 0.05) is 11.0 Å². The highest BCUT2D eigenvalue weighted by molar-refractivity contribution is 9.10. The molecule has 1 heterocycles. The molecule has 0 spiro atoms. The van der Waals surface area contributed by atoms with Crippen molar-refractivity contribution in [1.82, 2.24) is 0 Å². The lowest BCUT2D eigenvalue weighted by Crippen LogP contribution is -2.30. The van der Waals surface area contributed by atoms with Gasteiger partial charge in [-0.1, -0.05) is 15.9 Å². The molecule has 1 fully saturated rings. The van der Waals surface area contributed by atoms with E-state index in [2.05, 4.69) is 21.2 Å². The fourth-order valence-corrected chi connectivity index (χ4v) is 2.34. The quantitative estimate of drug-likeness (QED) is 0.890. The summed E-state index contributed by atoms with van der Waals surface area (Å²) in [6, 6.07) is 2.16. The van der Waals surface area contributed by atoms with Gasteiger partial charge < -0.3 is 15.8 Å². The lowest BCUT2D eigenvalue weighted by Gasteiger charge is -2.13. The van der Waals surface area contributed by atoms with Crippen LogP contribution in [-0.2, 0) is 9.53 Å². The highest BCUT2D eigenvalue weighted by Gasteiger charge is 2.30. The van der Waals surface area contributed by atoms with Gasteiger partial charge in [-0.3, -0.25) is 4.79 Å². The van der Waals surface area contributed by atoms with Crippen LogP contribution in [0.1, 0.15) is 12.8 Å². The van der Waals surface area contributed by atoms with Crippen molar-refractivity contribution >= 4 is 27.5 Å². The number of benzene rings is 1. The number of carbonyl (C=O) groups is 1. The molecule has 1 aliphatic heterocycles. The number of halogens is 3. The lowest BCUT2D eigenvalue weighted by molar-refractivity contribution is -0.126. The molecule has 1 aliphatic rings. The van der Waals surface area contributed by atoms with E-state index < -0.39 is 29.3 Å². The monoisotopic (exact) mass is 334 g/mol. The largest absolute Gasteiger partial charge is 0.364 e. The zero-order chi connectivity index (χ0) is 14.0. The van der Waals surface area contributed by atoms with Gasteiger partial charge in [-0.2, -0.15) is 0 Å². The molecule has 1 aromatic carbocycles. The molecule has 2 unspecified atom stereocenters. The number of nitrogens with one attached hydrogen (secondary N) is 1. The maximum Gasteiger partial charge on any atom is 0.253 e. The number of nitrogens with two attached hydrogens (primary N) is 1. The van der Waals surface area contributed by atoms with E-state index in [-0.39, 0.29) is 10.6 Å². The summed E-state index contributed by atoms with van der Waals surface area (Å²) in [6.45, 7) is 0.324. The molecule has 4 nitrogen and oxygen atoms in total. The van der Waals surface area contributed by atoms with Crippen molar-refractivity contribution in [2.45, 2.75) is 25.0 Å². The Bertz CT molecular complexity index is 476. The molecule has 0 saturated carbocycles. The number of ether oxygens (including phenoxy) is 1. The number of hydrogen-bond acceptors (Lipinski definition) is 3. The van der Waals surface area contributed by atoms with Crippen molar-refractivity contribution < 1.29 is 18.3 Å². The van der Waals surface area contributed by atoms with Gasteiger partial charge in [-0.05, 0) is 25.0 Å². The predicted octanol–water partition coefficient (Wildman–Crippen LogP) is 2.17. The van der Waals surface area contributed by atoms with Crippen molar-refractivity contribution in [1.29, 1.82) is 0 Å². The van der Waals surface area contributed by atoms with Crippen LogP contribution in [0.4, 0.5) is 14.5 Å². The molecule has 19 heavy (non-hydrogen) atoms. The van der Waals surface area contributed by atoms with Gasteiger partial charge in [0.25, 0.3) is 5.91 Å². The van der Waals surface area contributed by atoms with Crippen LogP contribution in [0.5, 0.6) is 0 Å². The maximum absolute atomic E-state index is 13.6. The minimum Gasteiger partial charge on any atom is -0.364 e. The average Bonchev–Trinajstić information content (AvgIpc) is 2.82. The third-order valence-corrected chi connectivity index (χ3v) is 3.38. The molecule has 1 saturated heterocycles. The smallest absolute Gasteiger partial charge is 0.253 e. The van der Waals surface area contributed by atoms with Crippen LogP contribution in [-0.4, -0.2) is 24.7 Å². The van der Waals surface area contributed by atoms with Crippen LogP contribution in [0.2, 0.25) is 0 Å². The summed E-state index contributed by atoms with van der Waals surface area (Å²) in [4.78, 5) is 11.8. The zero-order valence-corrected chi connectivity index (χ0v) is 11.5. The third-order valence-electron chi connectivity index (χ3n) is 2.92. The van der Waals surface area contributed by atoms with Gasteiger partial charge in [-0.15, -0.1) is 0 Å². The molecule has 1 amide bonds. The van der Waals surface area contributed by atoms with E-state index in [9.17, 15) is 13.6 Å². The van der Waals surface area contributed by atoms with Crippen molar-refractivity contribution in [3.63, 3.8) is 0 Å². The fraction of sp³-hybridized carbons (Fsp3) is 0.417. The Morgan fingerprint density at radius 2 is 2.05 bits per heavy atom. The van der Waals surface area contributed by atoms with Gasteiger partial charge in [-0.25, -0.2) is 8.78 Å². The molecule has 0 bridgehead atoms. The van der Waals surface area contributed by atoms with E-state index in [0.717, 1.165) is 12.1 Å². The highest BCUT2D eigenvalue weighted by atomic mass is 79.9. The van der Waals surface area contributed by atoms with Gasteiger partial charge in [0.1, 0.15) is 11.8 Å². The Morgan fingerprint density at radius 3 is 2.58 bits per heavy atom. The second-order valence-corrected chi connectivity index (χ2v) is 5.21. The van der Waals surface area contributed by atoms with Crippen LogP contribution in [0.25, 0.3) is 0 Å². The summed E-state index contributed by atoms with van der Waals surface area (Å²) in [7, 11) is 0. The number of hydrogen-bond donors (Lipinski definition) is 2. The van der Waals surface area contributed by atoms with Crippen LogP contribution in [0.15, 0.2) is 16.6 Å². The topological polar surface area (TPSA) is 64.4 Å². The standard InChI is InChI=1S/C12H13BrF2N2O2/c13-6-3-8(14)11(9(15)4-6)17-12(18)10-2-1-7(5-16)19-10/h3-4,7,10H,1-2,5,16H2,(H,17,18). The number of carbonyl (C=O) groups excluding carboxylic acids is 1. The summed E-state index contributed by atoms with van der Waals surface area (Å²) >= 11 is 2.97. The fourth-order valence-electron chi connectivity index (χ4n) is 1.94. The molecule has 2 rings (SSSR count).